The maximum atomic E-state index is 12.1. The zero-order valence-corrected chi connectivity index (χ0v) is 11.2. The highest BCUT2D eigenvalue weighted by molar-refractivity contribution is 5.87. The lowest BCUT2D eigenvalue weighted by Crippen LogP contribution is -2.42. The number of carboxylic acids is 1. The van der Waals surface area contributed by atoms with Crippen molar-refractivity contribution in [2.75, 3.05) is 0 Å². The first-order valence-electron chi connectivity index (χ1n) is 6.11. The van der Waals surface area contributed by atoms with Crippen molar-refractivity contribution in [3.63, 3.8) is 0 Å². The molecule has 8 heteroatoms. The topological polar surface area (TPSA) is 78.4 Å². The minimum atomic E-state index is -4.34. The summed E-state index contributed by atoms with van der Waals surface area (Å²) in [6.45, 7) is 1.27. The highest BCUT2D eigenvalue weighted by atomic mass is 19.4. The lowest BCUT2D eigenvalue weighted by molar-refractivity contribution is -0.138. The Morgan fingerprint density at radius 3 is 2.57 bits per heavy atom. The van der Waals surface area contributed by atoms with Gasteiger partial charge in [-0.05, 0) is 24.6 Å². The van der Waals surface area contributed by atoms with E-state index in [1.54, 1.807) is 6.07 Å². The van der Waals surface area contributed by atoms with Crippen LogP contribution in [0.15, 0.2) is 24.3 Å². The standard InChI is InChI=1S/C13H15F3N2O3/c1-8(6-13(14,15)16)18-12(21)17-7-9-3-2-4-10(5-9)11(19)20/h2-5,8H,6-7H2,1H3,(H,19,20)(H2,17,18,21). The summed E-state index contributed by atoms with van der Waals surface area (Å²) in [5, 5.41) is 13.3. The van der Waals surface area contributed by atoms with E-state index in [0.29, 0.717) is 5.56 Å². The monoisotopic (exact) mass is 304 g/mol. The van der Waals surface area contributed by atoms with E-state index in [9.17, 15) is 22.8 Å². The summed E-state index contributed by atoms with van der Waals surface area (Å²) in [5.41, 5.74) is 0.605. The summed E-state index contributed by atoms with van der Waals surface area (Å²) < 4.78 is 36.3. The average Bonchev–Trinajstić information content (AvgIpc) is 2.34. The molecule has 0 aromatic heterocycles. The molecule has 0 aliphatic rings. The Morgan fingerprint density at radius 1 is 1.33 bits per heavy atom. The van der Waals surface area contributed by atoms with Gasteiger partial charge >= 0.3 is 18.2 Å². The first-order valence-corrected chi connectivity index (χ1v) is 6.11. The summed E-state index contributed by atoms with van der Waals surface area (Å²) in [6, 6.07) is 4.11. The van der Waals surface area contributed by atoms with Gasteiger partial charge in [-0.15, -0.1) is 0 Å². The summed E-state index contributed by atoms with van der Waals surface area (Å²) in [6.07, 6.45) is -5.46. The molecule has 5 nitrogen and oxygen atoms in total. The third kappa shape index (κ3) is 6.64. The Balaban J connectivity index is 2.46. The predicted octanol–water partition coefficient (Wildman–Crippen LogP) is 2.52. The highest BCUT2D eigenvalue weighted by Crippen LogP contribution is 2.21. The molecule has 0 saturated carbocycles. The van der Waals surface area contributed by atoms with Gasteiger partial charge in [0.15, 0.2) is 0 Å². The zero-order valence-electron chi connectivity index (χ0n) is 11.2. The van der Waals surface area contributed by atoms with Gasteiger partial charge < -0.3 is 15.7 Å². The first kappa shape index (κ1) is 16.8. The van der Waals surface area contributed by atoms with Crippen LogP contribution >= 0.6 is 0 Å². The minimum absolute atomic E-state index is 0.0195. The fourth-order valence-corrected chi connectivity index (χ4v) is 1.67. The molecule has 1 unspecified atom stereocenters. The number of nitrogens with one attached hydrogen (secondary N) is 2. The SMILES string of the molecule is CC(CC(F)(F)F)NC(=O)NCc1cccc(C(=O)O)c1. The van der Waals surface area contributed by atoms with Gasteiger partial charge in [-0.3, -0.25) is 0 Å². The van der Waals surface area contributed by atoms with Gasteiger partial charge in [0.1, 0.15) is 0 Å². The molecular formula is C13H15F3N2O3. The number of carbonyl (C=O) groups excluding carboxylic acids is 1. The van der Waals surface area contributed by atoms with Crippen LogP contribution in [0.5, 0.6) is 0 Å². The number of carbonyl (C=O) groups is 2. The number of halogens is 3. The smallest absolute Gasteiger partial charge is 0.391 e. The van der Waals surface area contributed by atoms with Crippen LogP contribution < -0.4 is 10.6 Å². The number of urea groups is 1. The second kappa shape index (κ2) is 6.96. The van der Waals surface area contributed by atoms with Crippen molar-refractivity contribution in [2.45, 2.75) is 32.1 Å². The van der Waals surface area contributed by atoms with Gasteiger partial charge in [0.05, 0.1) is 12.0 Å². The predicted molar refractivity (Wildman–Crippen MR) is 68.9 cm³/mol. The molecule has 21 heavy (non-hydrogen) atoms. The maximum Gasteiger partial charge on any atom is 0.391 e. The fourth-order valence-electron chi connectivity index (χ4n) is 1.67. The molecule has 0 spiro atoms. The summed E-state index contributed by atoms with van der Waals surface area (Å²) in [5.74, 6) is -1.10. The third-order valence-corrected chi connectivity index (χ3v) is 2.54. The van der Waals surface area contributed by atoms with Crippen molar-refractivity contribution in [3.8, 4) is 0 Å². The van der Waals surface area contributed by atoms with Gasteiger partial charge in [0, 0.05) is 12.6 Å². The Kier molecular flexibility index (Phi) is 5.57. The number of rotatable bonds is 5. The Hall–Kier alpha value is -2.25. The van der Waals surface area contributed by atoms with Crippen molar-refractivity contribution in [2.24, 2.45) is 0 Å². The van der Waals surface area contributed by atoms with E-state index in [0.717, 1.165) is 0 Å². The quantitative estimate of drug-likeness (QED) is 0.782. The van der Waals surface area contributed by atoms with Crippen LogP contribution in [0.3, 0.4) is 0 Å². The molecule has 3 N–H and O–H groups in total. The van der Waals surface area contributed by atoms with Crippen LogP contribution in [-0.4, -0.2) is 29.3 Å². The fraction of sp³-hybridized carbons (Fsp3) is 0.385. The molecule has 0 bridgehead atoms. The van der Waals surface area contributed by atoms with Gasteiger partial charge in [0.2, 0.25) is 0 Å². The van der Waals surface area contributed by atoms with Crippen molar-refractivity contribution < 1.29 is 27.9 Å². The number of amides is 2. The molecule has 1 atom stereocenters. The van der Waals surface area contributed by atoms with Gasteiger partial charge in [-0.1, -0.05) is 12.1 Å². The molecule has 0 radical (unpaired) electrons. The molecule has 0 aliphatic heterocycles. The second-order valence-corrected chi connectivity index (χ2v) is 4.55. The molecule has 0 aliphatic carbocycles. The molecule has 1 aromatic rings. The lowest BCUT2D eigenvalue weighted by Gasteiger charge is -2.16. The highest BCUT2D eigenvalue weighted by Gasteiger charge is 2.30. The summed E-state index contributed by atoms with van der Waals surface area (Å²) in [7, 11) is 0. The molecule has 0 fully saturated rings. The van der Waals surface area contributed by atoms with E-state index in [1.165, 1.54) is 25.1 Å². The first-order chi connectivity index (χ1) is 9.67. The number of carboxylic acid groups (broad SMARTS) is 1. The molecule has 2 amide bonds. The largest absolute Gasteiger partial charge is 0.478 e. The van der Waals surface area contributed by atoms with Crippen LogP contribution in [0.2, 0.25) is 0 Å². The van der Waals surface area contributed by atoms with Crippen molar-refractivity contribution in [1.82, 2.24) is 10.6 Å². The average molecular weight is 304 g/mol. The van der Waals surface area contributed by atoms with E-state index in [4.69, 9.17) is 5.11 Å². The minimum Gasteiger partial charge on any atom is -0.478 e. The van der Waals surface area contributed by atoms with E-state index in [1.807, 2.05) is 0 Å². The normalized spacial score (nSPS) is 12.6. The van der Waals surface area contributed by atoms with Gasteiger partial charge in [0.25, 0.3) is 0 Å². The van der Waals surface area contributed by atoms with E-state index in [-0.39, 0.29) is 12.1 Å². The Morgan fingerprint density at radius 2 is 2.00 bits per heavy atom. The molecule has 0 saturated heterocycles. The van der Waals surface area contributed by atoms with Crippen LogP contribution in [0, 0.1) is 0 Å². The molecule has 0 heterocycles. The molecule has 1 rings (SSSR count). The Labute approximate surface area is 119 Å². The number of aromatic carboxylic acids is 1. The van der Waals surface area contributed by atoms with Crippen molar-refractivity contribution >= 4 is 12.0 Å². The number of benzene rings is 1. The van der Waals surface area contributed by atoms with Gasteiger partial charge in [-0.25, -0.2) is 9.59 Å². The van der Waals surface area contributed by atoms with Crippen LogP contribution in [0.1, 0.15) is 29.3 Å². The number of hydrogen-bond acceptors (Lipinski definition) is 2. The molecule has 116 valence electrons. The van der Waals surface area contributed by atoms with Crippen molar-refractivity contribution in [1.29, 1.82) is 0 Å². The van der Waals surface area contributed by atoms with Crippen molar-refractivity contribution in [3.05, 3.63) is 35.4 Å². The van der Waals surface area contributed by atoms with Crippen LogP contribution in [0.25, 0.3) is 0 Å². The summed E-state index contributed by atoms with van der Waals surface area (Å²) >= 11 is 0. The van der Waals surface area contributed by atoms with Crippen LogP contribution in [0.4, 0.5) is 18.0 Å². The maximum absolute atomic E-state index is 12.1. The summed E-state index contributed by atoms with van der Waals surface area (Å²) in [4.78, 5) is 22.2. The zero-order chi connectivity index (χ0) is 16.0. The molecular weight excluding hydrogens is 289 g/mol. The van der Waals surface area contributed by atoms with E-state index < -0.39 is 30.6 Å². The molecule has 1 aromatic carbocycles. The van der Waals surface area contributed by atoms with E-state index >= 15 is 0 Å². The number of hydrogen-bond donors (Lipinski definition) is 3. The van der Waals surface area contributed by atoms with Gasteiger partial charge in [-0.2, -0.15) is 13.2 Å². The number of alkyl halides is 3. The second-order valence-electron chi connectivity index (χ2n) is 4.55. The Bertz CT molecular complexity index is 518. The van der Waals surface area contributed by atoms with Crippen LogP contribution in [-0.2, 0) is 6.54 Å². The van der Waals surface area contributed by atoms with E-state index in [2.05, 4.69) is 10.6 Å². The third-order valence-electron chi connectivity index (χ3n) is 2.54. The lowest BCUT2D eigenvalue weighted by atomic mass is 10.1.